The third-order valence-electron chi connectivity index (χ3n) is 10.1. The van der Waals surface area contributed by atoms with Crippen molar-refractivity contribution in [3.8, 4) is 0 Å². The maximum Gasteiger partial charge on any atom is 2.00 e. The van der Waals surface area contributed by atoms with Crippen LogP contribution in [0.3, 0.4) is 0 Å². The van der Waals surface area contributed by atoms with E-state index in [1.807, 2.05) is 97.1 Å². The molecule has 16 nitrogen and oxygen atoms in total. The molecular formula is C50H40N8O8Zn2. The fourth-order valence-electron chi connectivity index (χ4n) is 7.03. The van der Waals surface area contributed by atoms with Crippen molar-refractivity contribution in [1.82, 2.24) is 39.9 Å². The second-order valence-electron chi connectivity index (χ2n) is 14.8. The van der Waals surface area contributed by atoms with Gasteiger partial charge in [0.2, 0.25) is 0 Å². The van der Waals surface area contributed by atoms with Crippen molar-refractivity contribution < 1.29 is 78.6 Å². The number of nitrogens with one attached hydrogen (secondary N) is 4. The fourth-order valence-corrected chi connectivity index (χ4v) is 7.03. The van der Waals surface area contributed by atoms with Gasteiger partial charge in [-0.15, -0.1) is 0 Å². The van der Waals surface area contributed by atoms with E-state index in [0.29, 0.717) is 0 Å². The van der Waals surface area contributed by atoms with Gasteiger partial charge in [0.1, 0.15) is 23.3 Å². The summed E-state index contributed by atoms with van der Waals surface area (Å²) in [6.07, 6.45) is 2.60. The minimum atomic E-state index is -1.38. The van der Waals surface area contributed by atoms with Crippen molar-refractivity contribution >= 4 is 68.0 Å². The predicted molar refractivity (Wildman–Crippen MR) is 238 cm³/mol. The van der Waals surface area contributed by atoms with Crippen molar-refractivity contribution in [2.45, 2.75) is 38.5 Å². The number of carboxylic acid groups (broad SMARTS) is 4. The van der Waals surface area contributed by atoms with E-state index in [4.69, 9.17) is 0 Å². The van der Waals surface area contributed by atoms with Gasteiger partial charge in [-0.3, -0.25) is 0 Å². The minimum absolute atomic E-state index is 0. The van der Waals surface area contributed by atoms with Gasteiger partial charge in [-0.25, -0.2) is 19.9 Å². The van der Waals surface area contributed by atoms with Gasteiger partial charge in [0.25, 0.3) is 0 Å². The molecule has 10 aromatic rings. The molecule has 0 aliphatic carbocycles. The Morgan fingerprint density at radius 1 is 0.353 bits per heavy atom. The third-order valence-corrected chi connectivity index (χ3v) is 10.1. The van der Waals surface area contributed by atoms with Gasteiger partial charge in [0.15, 0.2) is 0 Å². The van der Waals surface area contributed by atoms with Gasteiger partial charge < -0.3 is 59.5 Å². The Bertz CT molecular complexity index is 2790. The molecule has 4 N–H and O–H groups in total. The summed E-state index contributed by atoms with van der Waals surface area (Å²) in [6.45, 7) is 0. The molecule has 0 aliphatic heterocycles. The Morgan fingerprint density at radius 2 is 0.588 bits per heavy atom. The Kier molecular flexibility index (Phi) is 18.7. The van der Waals surface area contributed by atoms with Crippen molar-refractivity contribution in [2.24, 2.45) is 0 Å². The molecule has 0 aliphatic rings. The van der Waals surface area contributed by atoms with Crippen molar-refractivity contribution in [2.75, 3.05) is 0 Å². The number of benzene rings is 6. The molecule has 68 heavy (non-hydrogen) atoms. The number of rotatable bonds is 12. The maximum atomic E-state index is 10.5. The van der Waals surface area contributed by atoms with E-state index in [-0.39, 0.29) is 61.2 Å². The summed E-state index contributed by atoms with van der Waals surface area (Å²) in [7, 11) is 0. The molecule has 10 rings (SSSR count). The van der Waals surface area contributed by atoms with Crippen LogP contribution < -0.4 is 20.4 Å². The van der Waals surface area contributed by atoms with Crippen LogP contribution >= 0.6 is 0 Å². The first-order valence-electron chi connectivity index (χ1n) is 20.7. The number of imidazole rings is 4. The zero-order chi connectivity index (χ0) is 46.4. The Hall–Kier alpha value is -7.67. The molecule has 4 heterocycles. The monoisotopic (exact) mass is 1010 g/mol. The second kappa shape index (κ2) is 24.7. The van der Waals surface area contributed by atoms with E-state index in [2.05, 4.69) is 39.9 Å². The van der Waals surface area contributed by atoms with Crippen LogP contribution in [0.25, 0.3) is 44.1 Å². The molecule has 18 heteroatoms. The van der Waals surface area contributed by atoms with Gasteiger partial charge >= 0.3 is 39.0 Å². The zero-order valence-electron chi connectivity index (χ0n) is 36.6. The molecule has 0 radical (unpaired) electrons. The average Bonchev–Trinajstić information content (AvgIpc) is 4.12. The van der Waals surface area contributed by atoms with Gasteiger partial charge in [0, 0.05) is 61.6 Å². The summed E-state index contributed by atoms with van der Waals surface area (Å²) in [6, 6.07) is 43.9. The molecule has 0 unspecified atom stereocenters. The molecule has 0 bridgehead atoms. The number of H-pyrrole nitrogens is 4. The Balaban J connectivity index is 0.000000172. The largest absolute Gasteiger partial charge is 2.00 e. The molecular weight excluding hydrogens is 971 g/mol. The maximum absolute atomic E-state index is 10.5. The summed E-state index contributed by atoms with van der Waals surface area (Å²) < 4.78 is 0. The van der Waals surface area contributed by atoms with E-state index in [1.54, 1.807) is 12.1 Å². The van der Waals surface area contributed by atoms with E-state index in [0.717, 1.165) is 93.1 Å². The Labute approximate surface area is 413 Å². The quantitative estimate of drug-likeness (QED) is 0.129. The number of aromatic nitrogens is 8. The standard InChI is InChI=1S/2C16H14N4.2C9H8O4.2Zn/c2*1-2-6-12-11(5-1)17-15(18-12)9-10-16-19-13-7-3-4-8-14(13)20-16;2*10-8(11)5-6-3-1-2-4-7(6)9(12)13;;/h2*1-8H,9-10H2,(H,17,18)(H,19,20);2*1-4H,5H2,(H,10,11)(H,12,13);;/q;;;;2*+2/p-4. The van der Waals surface area contributed by atoms with Crippen molar-refractivity contribution in [1.29, 1.82) is 0 Å². The topological polar surface area (TPSA) is 275 Å². The van der Waals surface area contributed by atoms with Crippen LogP contribution in [-0.4, -0.2) is 63.7 Å². The van der Waals surface area contributed by atoms with Crippen LogP contribution in [0.15, 0.2) is 146 Å². The number of carbonyl (C=O) groups excluding carboxylic acids is 4. The summed E-state index contributed by atoms with van der Waals surface area (Å²) in [5.74, 6) is -1.35. The molecule has 0 fully saturated rings. The first kappa shape index (κ1) is 51.3. The van der Waals surface area contributed by atoms with Crippen LogP contribution in [-0.2, 0) is 87.1 Å². The SMILES string of the molecule is O=C([O-])Cc1ccccc1C(=O)[O-].O=C([O-])Cc1ccccc1C(=O)[O-].[Zn+2].[Zn+2].c1ccc2[nH]c(CCc3nc4ccccc4[nH]3)nc2c1.c1ccc2[nH]c(CCc3nc4ccccc4[nH]3)nc2c1. The number of carboxylic acids is 4. The molecule has 6 aromatic carbocycles. The smallest absolute Gasteiger partial charge is 0.550 e. The first-order chi connectivity index (χ1) is 32.0. The summed E-state index contributed by atoms with van der Waals surface area (Å²) >= 11 is 0. The van der Waals surface area contributed by atoms with Gasteiger partial charge in [-0.2, -0.15) is 0 Å². The van der Waals surface area contributed by atoms with E-state index in [1.165, 1.54) is 36.4 Å². The third kappa shape index (κ3) is 14.2. The minimum Gasteiger partial charge on any atom is -0.550 e. The number of nitrogens with zero attached hydrogens (tertiary/aromatic N) is 4. The van der Waals surface area contributed by atoms with Crippen LogP contribution in [0.2, 0.25) is 0 Å². The van der Waals surface area contributed by atoms with Crippen molar-refractivity contribution in [3.63, 3.8) is 0 Å². The van der Waals surface area contributed by atoms with Gasteiger partial charge in [-0.1, -0.05) is 97.1 Å². The number of carbonyl (C=O) groups is 4. The molecule has 4 aromatic heterocycles. The van der Waals surface area contributed by atoms with E-state index in [9.17, 15) is 39.6 Å². The number of hydrogen-bond donors (Lipinski definition) is 4. The van der Waals surface area contributed by atoms with Gasteiger partial charge in [-0.05, 0) is 59.7 Å². The molecule has 0 spiro atoms. The van der Waals surface area contributed by atoms with E-state index < -0.39 is 36.7 Å². The number of para-hydroxylation sites is 8. The zero-order valence-corrected chi connectivity index (χ0v) is 42.5. The van der Waals surface area contributed by atoms with E-state index >= 15 is 0 Å². The fraction of sp³-hybridized carbons (Fsp3) is 0.120. The molecule has 0 amide bonds. The second-order valence-corrected chi connectivity index (χ2v) is 14.8. The Morgan fingerprint density at radius 3 is 0.824 bits per heavy atom. The molecule has 332 valence electrons. The molecule has 0 saturated carbocycles. The number of aliphatic carboxylic acids is 2. The summed E-state index contributed by atoms with van der Waals surface area (Å²) in [5, 5.41) is 41.4. The number of fused-ring (bicyclic) bond motifs is 4. The van der Waals surface area contributed by atoms with Crippen molar-refractivity contribution in [3.05, 3.63) is 191 Å². The van der Waals surface area contributed by atoms with Crippen LogP contribution in [0, 0.1) is 0 Å². The summed E-state index contributed by atoms with van der Waals surface area (Å²) in [4.78, 5) is 73.1. The van der Waals surface area contributed by atoms with Crippen LogP contribution in [0.1, 0.15) is 55.1 Å². The van der Waals surface area contributed by atoms with Crippen LogP contribution in [0.4, 0.5) is 0 Å². The number of aryl methyl sites for hydroxylation is 4. The number of aromatic amines is 4. The number of hydrogen-bond acceptors (Lipinski definition) is 12. The molecule has 0 saturated heterocycles. The normalized spacial score (nSPS) is 10.4. The first-order valence-corrected chi connectivity index (χ1v) is 20.7. The predicted octanol–water partition coefficient (Wildman–Crippen LogP) is 3.13. The van der Waals surface area contributed by atoms with Gasteiger partial charge in [0.05, 0.1) is 56.1 Å². The number of aromatic carboxylic acids is 2. The molecule has 0 atom stereocenters. The van der Waals surface area contributed by atoms with Crippen LogP contribution in [0.5, 0.6) is 0 Å². The summed E-state index contributed by atoms with van der Waals surface area (Å²) in [5.41, 5.74) is 8.63. The average molecular weight is 1010 g/mol.